The maximum atomic E-state index is 15.3. The van der Waals surface area contributed by atoms with E-state index in [1.165, 1.54) is 0 Å². The fraction of sp³-hybridized carbons (Fsp3) is 0.273. The summed E-state index contributed by atoms with van der Waals surface area (Å²) in [6, 6.07) is 18.8. The van der Waals surface area contributed by atoms with Crippen molar-refractivity contribution in [3.05, 3.63) is 102 Å². The van der Waals surface area contributed by atoms with Crippen LogP contribution in [-0.2, 0) is 38.9 Å². The van der Waals surface area contributed by atoms with Gasteiger partial charge in [-0.05, 0) is 5.69 Å². The van der Waals surface area contributed by atoms with E-state index in [0.29, 0.717) is 46.3 Å². The van der Waals surface area contributed by atoms with Gasteiger partial charge in [0, 0.05) is 59.5 Å². The number of hydrogen-bond donors (Lipinski definition) is 0. The fourth-order valence-electron chi connectivity index (χ4n) is 4.83. The van der Waals surface area contributed by atoms with Crippen LogP contribution in [0.1, 0.15) is 52.9 Å². The first-order valence-corrected chi connectivity index (χ1v) is 13.2. The average molecular weight is 752 g/mol. The second-order valence-electron chi connectivity index (χ2n) is 12.0. The van der Waals surface area contributed by atoms with Crippen LogP contribution in [0.15, 0.2) is 60.9 Å². The zero-order valence-electron chi connectivity index (χ0n) is 24.4. The molecule has 5 rings (SSSR count). The Morgan fingerprint density at radius 1 is 0.810 bits per heavy atom. The van der Waals surface area contributed by atoms with E-state index in [1.54, 1.807) is 35.1 Å². The summed E-state index contributed by atoms with van der Waals surface area (Å²) < 4.78 is 54.1. The van der Waals surface area contributed by atoms with Crippen LogP contribution in [0.3, 0.4) is 0 Å². The normalized spacial score (nSPS) is 11.9. The predicted octanol–water partition coefficient (Wildman–Crippen LogP) is 8.34. The molecule has 0 atom stereocenters. The molecule has 0 aliphatic heterocycles. The van der Waals surface area contributed by atoms with Crippen molar-refractivity contribution in [3.63, 3.8) is 0 Å². The van der Waals surface area contributed by atoms with E-state index in [9.17, 15) is 4.39 Å². The van der Waals surface area contributed by atoms with Gasteiger partial charge in [0.1, 0.15) is 17.5 Å². The van der Waals surface area contributed by atoms with Crippen LogP contribution < -0.4 is 4.74 Å². The molecule has 0 amide bonds. The minimum Gasteiger partial charge on any atom is -0.503 e. The Hall–Kier alpha value is -3.64. The molecule has 0 saturated heterocycles. The summed E-state index contributed by atoms with van der Waals surface area (Å²) in [6.45, 7) is 11.6. The summed E-state index contributed by atoms with van der Waals surface area (Å²) in [5.41, 5.74) is 1.11. The Labute approximate surface area is 258 Å². The third-order valence-electron chi connectivity index (χ3n) is 6.59. The van der Waals surface area contributed by atoms with Crippen molar-refractivity contribution in [2.45, 2.75) is 52.4 Å². The smallest absolute Gasteiger partial charge is 0.503 e. The molecule has 2 aromatic heterocycles. The number of rotatable bonds is 5. The average Bonchev–Trinajstić information content (AvgIpc) is 3.48. The number of nitrogens with zero attached hydrogens (tertiary/aromatic N) is 4. The minimum absolute atomic E-state index is 0. The molecule has 5 nitrogen and oxygen atoms in total. The van der Waals surface area contributed by atoms with Crippen molar-refractivity contribution >= 4 is 0 Å². The molecular weight excluding hydrogens is 720 g/mol. The summed E-state index contributed by atoms with van der Waals surface area (Å²) in [7, 11) is 1.90. The number of halogens is 3. The standard InChI is InChI=1S/C33H31F3N4O.Pt/c1-32(2,3)29-28(27-25(35)17-21(34)18-26(27)36)30(33(4,5)6)40(38-29)22-11-9-13-24(19-22)41-23-12-8-10-20(16-23)31-37-14-15-39(31)7;/h8-15,17-18H,1-7H3;/q-2;+2. The predicted molar refractivity (Wildman–Crippen MR) is 153 cm³/mol. The van der Waals surface area contributed by atoms with E-state index in [4.69, 9.17) is 9.84 Å². The van der Waals surface area contributed by atoms with Crippen molar-refractivity contribution in [2.75, 3.05) is 0 Å². The summed E-state index contributed by atoms with van der Waals surface area (Å²) in [6.07, 6.45) is 3.57. The zero-order valence-corrected chi connectivity index (χ0v) is 26.7. The third kappa shape index (κ3) is 6.10. The van der Waals surface area contributed by atoms with Crippen LogP contribution >= 0.6 is 0 Å². The molecule has 0 unspecified atom stereocenters. The SMILES string of the molecule is Cn1ccnc1-c1[c-]c(Oc2[c-]c(-n3nc(C(C)(C)C)c(-c4c(F)cc(F)cc4F)c3C(C)(C)C)ccc2)ccc1.[Pt+2]. The van der Waals surface area contributed by atoms with E-state index in [2.05, 4.69) is 17.1 Å². The Bertz CT molecular complexity index is 1720. The fourth-order valence-corrected chi connectivity index (χ4v) is 4.83. The molecule has 0 bridgehead atoms. The Morgan fingerprint density at radius 3 is 2.00 bits per heavy atom. The van der Waals surface area contributed by atoms with Gasteiger partial charge >= 0.3 is 21.1 Å². The first-order valence-electron chi connectivity index (χ1n) is 13.2. The molecule has 9 heteroatoms. The summed E-state index contributed by atoms with van der Waals surface area (Å²) in [4.78, 5) is 4.38. The van der Waals surface area contributed by atoms with Gasteiger partial charge in [0.15, 0.2) is 0 Å². The molecule has 2 heterocycles. The van der Waals surface area contributed by atoms with Crippen LogP contribution in [-0.4, -0.2) is 19.3 Å². The first-order chi connectivity index (χ1) is 19.2. The van der Waals surface area contributed by atoms with E-state index in [-0.39, 0.29) is 26.6 Å². The van der Waals surface area contributed by atoms with Gasteiger partial charge in [0.05, 0.1) is 22.8 Å². The van der Waals surface area contributed by atoms with Gasteiger partial charge in [-0.25, -0.2) is 13.2 Å². The van der Waals surface area contributed by atoms with Gasteiger partial charge in [-0.1, -0.05) is 47.6 Å². The molecule has 5 aromatic rings. The molecule has 0 fully saturated rings. The van der Waals surface area contributed by atoms with Crippen molar-refractivity contribution in [1.82, 2.24) is 19.3 Å². The molecule has 0 spiro atoms. The van der Waals surface area contributed by atoms with Crippen LogP contribution in [0.4, 0.5) is 13.2 Å². The molecule has 0 radical (unpaired) electrons. The molecule has 0 aliphatic rings. The second kappa shape index (κ2) is 11.6. The van der Waals surface area contributed by atoms with Gasteiger partial charge in [0.25, 0.3) is 0 Å². The number of aryl methyl sites for hydroxylation is 1. The Kier molecular flexibility index (Phi) is 8.61. The van der Waals surface area contributed by atoms with Crippen LogP contribution in [0.25, 0.3) is 28.2 Å². The molecule has 0 N–H and O–H groups in total. The van der Waals surface area contributed by atoms with Crippen molar-refractivity contribution in [3.8, 4) is 39.7 Å². The Morgan fingerprint density at radius 2 is 1.43 bits per heavy atom. The number of aromatic nitrogens is 4. The molecule has 3 aromatic carbocycles. The van der Waals surface area contributed by atoms with E-state index >= 15 is 8.78 Å². The van der Waals surface area contributed by atoms with Gasteiger partial charge in [-0.2, -0.15) is 11.2 Å². The zero-order chi connectivity index (χ0) is 29.7. The summed E-state index contributed by atoms with van der Waals surface area (Å²) in [5, 5.41) is 4.89. The number of hydrogen-bond acceptors (Lipinski definition) is 3. The topological polar surface area (TPSA) is 44.9 Å². The molecular formula is C33H31F3N4OPt. The number of ether oxygens (including phenoxy) is 1. The van der Waals surface area contributed by atoms with Crippen LogP contribution in [0.2, 0.25) is 0 Å². The monoisotopic (exact) mass is 751 g/mol. The van der Waals surface area contributed by atoms with Gasteiger partial charge in [0.2, 0.25) is 0 Å². The summed E-state index contributed by atoms with van der Waals surface area (Å²) >= 11 is 0. The van der Waals surface area contributed by atoms with Crippen LogP contribution in [0, 0.1) is 29.6 Å². The van der Waals surface area contributed by atoms with Gasteiger partial charge in [-0.3, -0.25) is 9.67 Å². The maximum absolute atomic E-state index is 15.3. The third-order valence-corrected chi connectivity index (χ3v) is 6.59. The van der Waals surface area contributed by atoms with Crippen molar-refractivity contribution < 1.29 is 39.0 Å². The van der Waals surface area contributed by atoms with Crippen LogP contribution in [0.5, 0.6) is 11.5 Å². The number of benzene rings is 3. The molecule has 220 valence electrons. The van der Waals surface area contributed by atoms with Gasteiger partial charge in [-0.15, -0.1) is 42.0 Å². The van der Waals surface area contributed by atoms with E-state index < -0.39 is 28.3 Å². The van der Waals surface area contributed by atoms with Crippen molar-refractivity contribution in [2.24, 2.45) is 7.05 Å². The maximum Gasteiger partial charge on any atom is 2.00 e. The first kappa shape index (κ1) is 31.3. The Balaban J connectivity index is 0.00000405. The van der Waals surface area contributed by atoms with Gasteiger partial charge < -0.3 is 9.30 Å². The molecule has 42 heavy (non-hydrogen) atoms. The van der Waals surface area contributed by atoms with E-state index in [1.807, 2.05) is 71.5 Å². The molecule has 0 aliphatic carbocycles. The minimum atomic E-state index is -0.984. The summed E-state index contributed by atoms with van der Waals surface area (Å²) in [5.74, 6) is -1.31. The molecule has 0 saturated carbocycles. The van der Waals surface area contributed by atoms with E-state index in [0.717, 1.165) is 11.4 Å². The number of imidazole rings is 1. The quantitative estimate of drug-likeness (QED) is 0.170. The second-order valence-corrected chi connectivity index (χ2v) is 12.0. The largest absolute Gasteiger partial charge is 2.00 e. The van der Waals surface area contributed by atoms with Crippen molar-refractivity contribution in [1.29, 1.82) is 0 Å².